The summed E-state index contributed by atoms with van der Waals surface area (Å²) in [4.78, 5) is 11.5. The van der Waals surface area contributed by atoms with Crippen LogP contribution in [0.1, 0.15) is 38.5 Å². The van der Waals surface area contributed by atoms with Crippen LogP contribution < -0.4 is 5.32 Å². The van der Waals surface area contributed by atoms with Gasteiger partial charge in [0.15, 0.2) is 0 Å². The fraction of sp³-hybridized carbons (Fsp3) is 0.917. The Morgan fingerprint density at radius 1 is 1.19 bits per heavy atom. The minimum absolute atomic E-state index is 0.0756. The second-order valence-electron chi connectivity index (χ2n) is 4.66. The standard InChI is InChI=1S/C12H21NO3/c14-12(9-13-10-3-1-2-4-10)16-11-5-7-15-8-6-11/h10-11,13H,1-9H2. The first-order valence-electron chi connectivity index (χ1n) is 6.35. The van der Waals surface area contributed by atoms with E-state index in [1.165, 1.54) is 25.7 Å². The summed E-state index contributed by atoms with van der Waals surface area (Å²) >= 11 is 0. The Hall–Kier alpha value is -0.610. The first kappa shape index (κ1) is 11.9. The van der Waals surface area contributed by atoms with Crippen molar-refractivity contribution in [3.63, 3.8) is 0 Å². The highest BCUT2D eigenvalue weighted by atomic mass is 16.6. The second-order valence-corrected chi connectivity index (χ2v) is 4.66. The average molecular weight is 227 g/mol. The normalized spacial score (nSPS) is 23.5. The first-order chi connectivity index (χ1) is 7.84. The summed E-state index contributed by atoms with van der Waals surface area (Å²) in [5.74, 6) is -0.112. The van der Waals surface area contributed by atoms with Crippen LogP contribution in [0.3, 0.4) is 0 Å². The maximum atomic E-state index is 11.5. The smallest absolute Gasteiger partial charge is 0.320 e. The van der Waals surface area contributed by atoms with E-state index in [2.05, 4.69) is 5.32 Å². The summed E-state index contributed by atoms with van der Waals surface area (Å²) in [5, 5.41) is 3.27. The lowest BCUT2D eigenvalue weighted by molar-refractivity contribution is -0.152. The maximum Gasteiger partial charge on any atom is 0.320 e. The number of rotatable bonds is 4. The zero-order chi connectivity index (χ0) is 11.2. The van der Waals surface area contributed by atoms with Crippen molar-refractivity contribution in [2.45, 2.75) is 50.7 Å². The fourth-order valence-electron chi connectivity index (χ4n) is 2.38. The number of ether oxygens (including phenoxy) is 2. The lowest BCUT2D eigenvalue weighted by atomic mass is 10.1. The first-order valence-corrected chi connectivity index (χ1v) is 6.35. The molecule has 0 spiro atoms. The van der Waals surface area contributed by atoms with E-state index in [1.807, 2.05) is 0 Å². The number of hydrogen-bond acceptors (Lipinski definition) is 4. The monoisotopic (exact) mass is 227 g/mol. The van der Waals surface area contributed by atoms with Gasteiger partial charge in [-0.1, -0.05) is 12.8 Å². The molecule has 16 heavy (non-hydrogen) atoms. The van der Waals surface area contributed by atoms with Gasteiger partial charge >= 0.3 is 5.97 Å². The van der Waals surface area contributed by atoms with Gasteiger partial charge in [-0.15, -0.1) is 0 Å². The molecule has 0 amide bonds. The Morgan fingerprint density at radius 3 is 2.56 bits per heavy atom. The molecule has 0 bridgehead atoms. The van der Waals surface area contributed by atoms with E-state index in [0.29, 0.717) is 25.8 Å². The van der Waals surface area contributed by atoms with Crippen LogP contribution in [0, 0.1) is 0 Å². The molecule has 0 unspecified atom stereocenters. The molecule has 92 valence electrons. The maximum absolute atomic E-state index is 11.5. The van der Waals surface area contributed by atoms with Crippen LogP contribution in [0.2, 0.25) is 0 Å². The Morgan fingerprint density at radius 2 is 1.88 bits per heavy atom. The topological polar surface area (TPSA) is 47.6 Å². The molecule has 1 heterocycles. The summed E-state index contributed by atoms with van der Waals surface area (Å²) in [5.41, 5.74) is 0. The van der Waals surface area contributed by atoms with Gasteiger partial charge in [-0.3, -0.25) is 4.79 Å². The SMILES string of the molecule is O=C(CNC1CCCC1)OC1CCOCC1. The van der Waals surface area contributed by atoms with Crippen molar-refractivity contribution in [1.82, 2.24) is 5.32 Å². The molecule has 4 nitrogen and oxygen atoms in total. The van der Waals surface area contributed by atoms with Crippen LogP contribution in [0.4, 0.5) is 0 Å². The van der Waals surface area contributed by atoms with Crippen molar-refractivity contribution in [2.75, 3.05) is 19.8 Å². The molecule has 0 atom stereocenters. The largest absolute Gasteiger partial charge is 0.461 e. The lowest BCUT2D eigenvalue weighted by Crippen LogP contribution is -2.35. The number of carbonyl (C=O) groups is 1. The Kier molecular flexibility index (Phi) is 4.60. The highest BCUT2D eigenvalue weighted by Crippen LogP contribution is 2.17. The minimum Gasteiger partial charge on any atom is -0.461 e. The van der Waals surface area contributed by atoms with Gasteiger partial charge < -0.3 is 14.8 Å². The zero-order valence-electron chi connectivity index (χ0n) is 9.74. The van der Waals surface area contributed by atoms with Gasteiger partial charge in [0.25, 0.3) is 0 Å². The molecule has 1 saturated carbocycles. The quantitative estimate of drug-likeness (QED) is 0.734. The molecular weight excluding hydrogens is 206 g/mol. The molecule has 0 aromatic rings. The number of hydrogen-bond donors (Lipinski definition) is 1. The van der Waals surface area contributed by atoms with Crippen molar-refractivity contribution >= 4 is 5.97 Å². The fourth-order valence-corrected chi connectivity index (χ4v) is 2.38. The molecular formula is C12H21NO3. The minimum atomic E-state index is -0.112. The van der Waals surface area contributed by atoms with Gasteiger partial charge in [-0.05, 0) is 12.8 Å². The van der Waals surface area contributed by atoms with Crippen LogP contribution in [0.5, 0.6) is 0 Å². The number of nitrogens with one attached hydrogen (secondary N) is 1. The Bertz CT molecular complexity index is 220. The van der Waals surface area contributed by atoms with Crippen LogP contribution >= 0.6 is 0 Å². The Labute approximate surface area is 96.7 Å². The van der Waals surface area contributed by atoms with Crippen molar-refractivity contribution in [3.8, 4) is 0 Å². The third kappa shape index (κ3) is 3.76. The molecule has 2 aliphatic rings. The van der Waals surface area contributed by atoms with Crippen molar-refractivity contribution in [2.24, 2.45) is 0 Å². The summed E-state index contributed by atoms with van der Waals surface area (Å²) in [6, 6.07) is 0.530. The van der Waals surface area contributed by atoms with Crippen LogP contribution in [0.25, 0.3) is 0 Å². The van der Waals surface area contributed by atoms with Gasteiger partial charge in [0.2, 0.25) is 0 Å². The van der Waals surface area contributed by atoms with Crippen LogP contribution in [-0.2, 0) is 14.3 Å². The van der Waals surface area contributed by atoms with Gasteiger partial charge in [0.05, 0.1) is 19.8 Å². The molecule has 1 aliphatic heterocycles. The summed E-state index contributed by atoms with van der Waals surface area (Å²) < 4.78 is 10.6. The predicted molar refractivity (Wildman–Crippen MR) is 60.2 cm³/mol. The van der Waals surface area contributed by atoms with Gasteiger partial charge in [-0.25, -0.2) is 0 Å². The molecule has 0 radical (unpaired) electrons. The third-order valence-electron chi connectivity index (χ3n) is 3.36. The van der Waals surface area contributed by atoms with Gasteiger partial charge in [-0.2, -0.15) is 0 Å². The molecule has 1 N–H and O–H groups in total. The van der Waals surface area contributed by atoms with Crippen LogP contribution in [-0.4, -0.2) is 37.9 Å². The van der Waals surface area contributed by atoms with Gasteiger partial charge in [0, 0.05) is 18.9 Å². The zero-order valence-corrected chi connectivity index (χ0v) is 9.74. The number of carbonyl (C=O) groups excluding carboxylic acids is 1. The van der Waals surface area contributed by atoms with Crippen molar-refractivity contribution in [1.29, 1.82) is 0 Å². The molecule has 2 rings (SSSR count). The highest BCUT2D eigenvalue weighted by Gasteiger charge is 2.19. The van der Waals surface area contributed by atoms with E-state index in [4.69, 9.17) is 9.47 Å². The summed E-state index contributed by atoms with van der Waals surface area (Å²) in [6.07, 6.45) is 6.73. The predicted octanol–water partition coefficient (Wildman–Crippen LogP) is 1.24. The van der Waals surface area contributed by atoms with E-state index in [9.17, 15) is 4.79 Å². The second kappa shape index (κ2) is 6.21. The van der Waals surface area contributed by atoms with Gasteiger partial charge in [0.1, 0.15) is 6.10 Å². The molecule has 1 saturated heterocycles. The lowest BCUT2D eigenvalue weighted by Gasteiger charge is -2.22. The van der Waals surface area contributed by atoms with E-state index >= 15 is 0 Å². The van der Waals surface area contributed by atoms with Crippen molar-refractivity contribution in [3.05, 3.63) is 0 Å². The van der Waals surface area contributed by atoms with E-state index in [0.717, 1.165) is 12.8 Å². The molecule has 2 fully saturated rings. The number of esters is 1. The molecule has 0 aromatic heterocycles. The third-order valence-corrected chi connectivity index (χ3v) is 3.36. The average Bonchev–Trinajstić information content (AvgIpc) is 2.81. The van der Waals surface area contributed by atoms with Crippen LogP contribution in [0.15, 0.2) is 0 Å². The molecule has 4 heteroatoms. The highest BCUT2D eigenvalue weighted by molar-refractivity contribution is 5.71. The summed E-state index contributed by atoms with van der Waals surface area (Å²) in [6.45, 7) is 1.80. The summed E-state index contributed by atoms with van der Waals surface area (Å²) in [7, 11) is 0. The Balaban J connectivity index is 1.59. The van der Waals surface area contributed by atoms with Crippen molar-refractivity contribution < 1.29 is 14.3 Å². The van der Waals surface area contributed by atoms with E-state index < -0.39 is 0 Å². The molecule has 1 aliphatic carbocycles. The van der Waals surface area contributed by atoms with E-state index in [1.54, 1.807) is 0 Å². The molecule has 0 aromatic carbocycles. The van der Waals surface area contributed by atoms with E-state index in [-0.39, 0.29) is 12.1 Å².